The maximum Gasteiger partial charge on any atom is 0.260 e. The molecule has 0 atom stereocenters. The third-order valence-corrected chi connectivity index (χ3v) is 6.39. The molecule has 0 unspecified atom stereocenters. The molecule has 0 spiro atoms. The van der Waals surface area contributed by atoms with Crippen LogP contribution in [0.15, 0.2) is 76.1 Å². The summed E-state index contributed by atoms with van der Waals surface area (Å²) in [4.78, 5) is 34.3. The molecule has 8 nitrogen and oxygen atoms in total. The van der Waals surface area contributed by atoms with Crippen LogP contribution in [0.2, 0.25) is 0 Å². The molecule has 1 aliphatic heterocycles. The van der Waals surface area contributed by atoms with Crippen molar-refractivity contribution in [3.8, 4) is 22.6 Å². The predicted molar refractivity (Wildman–Crippen MR) is 138 cm³/mol. The highest BCUT2D eigenvalue weighted by Gasteiger charge is 2.22. The van der Waals surface area contributed by atoms with Crippen molar-refractivity contribution in [2.75, 3.05) is 44.8 Å². The molecule has 0 radical (unpaired) electrons. The van der Waals surface area contributed by atoms with Crippen LogP contribution in [0, 0.1) is 6.92 Å². The van der Waals surface area contributed by atoms with Gasteiger partial charge in [0.25, 0.3) is 5.91 Å². The summed E-state index contributed by atoms with van der Waals surface area (Å²) in [6, 6.07) is 18.1. The SMILES string of the molecule is COc1ccc(-c2c(C)oc3cc(OCC(=O)N4CCN(c5ccccn5)CC4)ccc3c2=O)cc1. The van der Waals surface area contributed by atoms with Crippen molar-refractivity contribution >= 4 is 22.7 Å². The molecule has 8 heteroatoms. The Labute approximate surface area is 208 Å². The Hall–Kier alpha value is -4.33. The maximum atomic E-state index is 13.2. The van der Waals surface area contributed by atoms with Crippen molar-refractivity contribution in [1.82, 2.24) is 9.88 Å². The van der Waals surface area contributed by atoms with Crippen molar-refractivity contribution in [2.24, 2.45) is 0 Å². The lowest BCUT2D eigenvalue weighted by molar-refractivity contribution is -0.133. The monoisotopic (exact) mass is 485 g/mol. The molecule has 1 amide bonds. The van der Waals surface area contributed by atoms with Gasteiger partial charge in [0.15, 0.2) is 6.61 Å². The van der Waals surface area contributed by atoms with Crippen molar-refractivity contribution in [3.63, 3.8) is 0 Å². The normalized spacial score (nSPS) is 13.6. The number of ether oxygens (including phenoxy) is 2. The van der Waals surface area contributed by atoms with Crippen molar-refractivity contribution in [3.05, 3.63) is 82.8 Å². The van der Waals surface area contributed by atoms with E-state index in [1.807, 2.05) is 42.5 Å². The number of nitrogens with zero attached hydrogens (tertiary/aromatic N) is 3. The number of piperazine rings is 1. The first-order chi connectivity index (χ1) is 17.5. The van der Waals surface area contributed by atoms with Gasteiger partial charge in [-0.1, -0.05) is 18.2 Å². The van der Waals surface area contributed by atoms with Gasteiger partial charge in [0.2, 0.25) is 5.43 Å². The number of aromatic nitrogens is 1. The summed E-state index contributed by atoms with van der Waals surface area (Å²) in [6.45, 7) is 4.35. The lowest BCUT2D eigenvalue weighted by Crippen LogP contribution is -2.50. The topological polar surface area (TPSA) is 85.1 Å². The summed E-state index contributed by atoms with van der Waals surface area (Å²) in [5, 5.41) is 0.454. The zero-order valence-electron chi connectivity index (χ0n) is 20.3. The van der Waals surface area contributed by atoms with Crippen LogP contribution in [-0.4, -0.2) is 55.7 Å². The number of fused-ring (bicyclic) bond motifs is 1. The third kappa shape index (κ3) is 4.75. The zero-order chi connectivity index (χ0) is 25.1. The van der Waals surface area contributed by atoms with Gasteiger partial charge < -0.3 is 23.7 Å². The molecule has 2 aromatic carbocycles. The van der Waals surface area contributed by atoms with Crippen molar-refractivity contribution < 1.29 is 18.7 Å². The maximum absolute atomic E-state index is 13.2. The molecule has 3 heterocycles. The molecule has 4 aromatic rings. The number of carbonyl (C=O) groups excluding carboxylic acids is 1. The first-order valence-electron chi connectivity index (χ1n) is 11.8. The van der Waals surface area contributed by atoms with E-state index in [4.69, 9.17) is 13.9 Å². The summed E-state index contributed by atoms with van der Waals surface area (Å²) < 4.78 is 17.0. The van der Waals surface area contributed by atoms with Gasteiger partial charge in [-0.25, -0.2) is 4.98 Å². The lowest BCUT2D eigenvalue weighted by atomic mass is 10.0. The molecule has 1 aliphatic rings. The van der Waals surface area contributed by atoms with E-state index in [0.717, 1.165) is 24.5 Å². The van der Waals surface area contributed by atoms with E-state index in [2.05, 4.69) is 9.88 Å². The lowest BCUT2D eigenvalue weighted by Gasteiger charge is -2.35. The number of methoxy groups -OCH3 is 1. The van der Waals surface area contributed by atoms with Crippen LogP contribution in [0.5, 0.6) is 11.5 Å². The number of rotatable bonds is 6. The number of amides is 1. The number of pyridine rings is 1. The van der Waals surface area contributed by atoms with Crippen molar-refractivity contribution in [1.29, 1.82) is 0 Å². The van der Waals surface area contributed by atoms with E-state index in [9.17, 15) is 9.59 Å². The second-order valence-corrected chi connectivity index (χ2v) is 8.59. The van der Waals surface area contributed by atoms with Gasteiger partial charge in [-0.3, -0.25) is 9.59 Å². The van der Waals surface area contributed by atoms with Crippen molar-refractivity contribution in [2.45, 2.75) is 6.92 Å². The number of hydrogen-bond acceptors (Lipinski definition) is 7. The van der Waals surface area contributed by atoms with Crippen LogP contribution in [0.1, 0.15) is 5.76 Å². The van der Waals surface area contributed by atoms with E-state index >= 15 is 0 Å². The Morgan fingerprint density at radius 2 is 1.75 bits per heavy atom. The quantitative estimate of drug-likeness (QED) is 0.410. The Balaban J connectivity index is 1.25. The highest BCUT2D eigenvalue weighted by molar-refractivity contribution is 5.84. The zero-order valence-corrected chi connectivity index (χ0v) is 20.3. The second kappa shape index (κ2) is 10.1. The van der Waals surface area contributed by atoms with Gasteiger partial charge in [0.05, 0.1) is 18.1 Å². The molecule has 0 aliphatic carbocycles. The largest absolute Gasteiger partial charge is 0.497 e. The van der Waals surface area contributed by atoms with Gasteiger partial charge in [0, 0.05) is 38.4 Å². The van der Waals surface area contributed by atoms with E-state index < -0.39 is 0 Å². The van der Waals surface area contributed by atoms with Gasteiger partial charge in [-0.05, 0) is 48.9 Å². The van der Waals surface area contributed by atoms with Crippen LogP contribution in [-0.2, 0) is 4.79 Å². The standard InChI is InChI=1S/C28H27N3O5/c1-19-27(20-6-8-21(34-2)9-7-20)28(33)23-11-10-22(17-24(23)36-19)35-18-26(32)31-15-13-30(14-16-31)25-5-3-4-12-29-25/h3-12,17H,13-16,18H2,1-2H3. The second-order valence-electron chi connectivity index (χ2n) is 8.59. The summed E-state index contributed by atoms with van der Waals surface area (Å²) >= 11 is 0. The first-order valence-corrected chi connectivity index (χ1v) is 11.8. The number of anilines is 1. The Bertz CT molecular complexity index is 1430. The van der Waals surface area contributed by atoms with Crippen LogP contribution >= 0.6 is 0 Å². The molecular formula is C28H27N3O5. The molecule has 2 aromatic heterocycles. The molecule has 36 heavy (non-hydrogen) atoms. The number of benzene rings is 2. The minimum Gasteiger partial charge on any atom is -0.497 e. The molecule has 5 rings (SSSR count). The number of aryl methyl sites for hydroxylation is 1. The van der Waals surface area contributed by atoms with Gasteiger partial charge in [-0.15, -0.1) is 0 Å². The average Bonchev–Trinajstić information content (AvgIpc) is 2.92. The van der Waals surface area contributed by atoms with Crippen LogP contribution in [0.4, 0.5) is 5.82 Å². The fourth-order valence-electron chi connectivity index (χ4n) is 4.43. The van der Waals surface area contributed by atoms with E-state index in [-0.39, 0.29) is 17.9 Å². The Morgan fingerprint density at radius 1 is 1.00 bits per heavy atom. The highest BCUT2D eigenvalue weighted by Crippen LogP contribution is 2.27. The van der Waals surface area contributed by atoms with E-state index in [1.165, 1.54) is 0 Å². The van der Waals surface area contributed by atoms with E-state index in [1.54, 1.807) is 43.3 Å². The minimum absolute atomic E-state index is 0.0803. The molecule has 184 valence electrons. The van der Waals surface area contributed by atoms with E-state index in [0.29, 0.717) is 46.9 Å². The third-order valence-electron chi connectivity index (χ3n) is 6.39. The summed E-state index contributed by atoms with van der Waals surface area (Å²) in [6.07, 6.45) is 1.77. The average molecular weight is 486 g/mol. The molecule has 1 fully saturated rings. The van der Waals surface area contributed by atoms with Crippen LogP contribution < -0.4 is 19.8 Å². The summed E-state index contributed by atoms with van der Waals surface area (Å²) in [5.41, 5.74) is 1.58. The Morgan fingerprint density at radius 3 is 2.44 bits per heavy atom. The number of carbonyl (C=O) groups is 1. The fourth-order valence-corrected chi connectivity index (χ4v) is 4.43. The number of hydrogen-bond donors (Lipinski definition) is 0. The highest BCUT2D eigenvalue weighted by atomic mass is 16.5. The molecule has 1 saturated heterocycles. The minimum atomic E-state index is -0.118. The smallest absolute Gasteiger partial charge is 0.260 e. The predicted octanol–water partition coefficient (Wildman–Crippen LogP) is 3.90. The summed E-state index contributed by atoms with van der Waals surface area (Å²) in [7, 11) is 1.60. The van der Waals surface area contributed by atoms with Crippen LogP contribution in [0.3, 0.4) is 0 Å². The molecular weight excluding hydrogens is 458 g/mol. The Kier molecular flexibility index (Phi) is 6.58. The van der Waals surface area contributed by atoms with Crippen LogP contribution in [0.25, 0.3) is 22.1 Å². The molecule has 0 bridgehead atoms. The molecule has 0 N–H and O–H groups in total. The summed E-state index contributed by atoms with van der Waals surface area (Å²) in [5.74, 6) is 2.54. The first kappa shape index (κ1) is 23.4. The fraction of sp³-hybridized carbons (Fsp3) is 0.250. The van der Waals surface area contributed by atoms with Gasteiger partial charge >= 0.3 is 0 Å². The van der Waals surface area contributed by atoms with Gasteiger partial charge in [-0.2, -0.15) is 0 Å². The molecule has 0 saturated carbocycles. The van der Waals surface area contributed by atoms with Gasteiger partial charge in [0.1, 0.15) is 28.7 Å².